The molecule has 9 heteroatoms. The first-order valence-electron chi connectivity index (χ1n) is 5.24. The minimum absolute atomic E-state index is 0. The fourth-order valence-electron chi connectivity index (χ4n) is 1.80. The second-order valence-corrected chi connectivity index (χ2v) is 4.82. The monoisotopic (exact) mass is 318 g/mol. The molecule has 0 fully saturated rings. The van der Waals surface area contributed by atoms with Crippen LogP contribution in [-0.2, 0) is 14.6 Å². The van der Waals surface area contributed by atoms with E-state index in [1.54, 1.807) is 12.1 Å². The Morgan fingerprint density at radius 2 is 1.71 bits per heavy atom. The van der Waals surface area contributed by atoms with Crippen LogP contribution < -0.4 is 34.7 Å². The van der Waals surface area contributed by atoms with Gasteiger partial charge in [0, 0.05) is 5.56 Å². The quantitative estimate of drug-likeness (QED) is 0.478. The van der Waals surface area contributed by atoms with Crippen LogP contribution in [0.5, 0.6) is 0 Å². The van der Waals surface area contributed by atoms with Gasteiger partial charge in [-0.05, 0) is 10.8 Å². The first-order chi connectivity index (χ1) is 9.29. The van der Waals surface area contributed by atoms with E-state index < -0.39 is 33.5 Å². The van der Waals surface area contributed by atoms with Gasteiger partial charge < -0.3 is 14.1 Å². The molecule has 0 atom stereocenters. The number of hydrogen-bond donors (Lipinski definition) is 1. The molecule has 1 N–H and O–H groups in total. The maximum absolute atomic E-state index is 11.7. The summed E-state index contributed by atoms with van der Waals surface area (Å²) in [5.74, 6) is -3.17. The number of hydrogen-bond acceptors (Lipinski definition) is 6. The summed E-state index contributed by atoms with van der Waals surface area (Å²) in [6, 6.07) is 8.73. The predicted molar refractivity (Wildman–Crippen MR) is 65.2 cm³/mol. The molecular formula is C12H7NaO7S. The van der Waals surface area contributed by atoms with Crippen molar-refractivity contribution < 1.29 is 61.4 Å². The molecule has 0 heterocycles. The van der Waals surface area contributed by atoms with E-state index in [4.69, 9.17) is 4.55 Å². The van der Waals surface area contributed by atoms with Crippen molar-refractivity contribution in [3.63, 3.8) is 0 Å². The van der Waals surface area contributed by atoms with E-state index in [1.807, 2.05) is 0 Å². The fourth-order valence-corrected chi connectivity index (χ4v) is 2.07. The molecule has 0 saturated heterocycles. The molecule has 0 unspecified atom stereocenters. The number of aromatic carboxylic acids is 1. The van der Waals surface area contributed by atoms with Crippen LogP contribution in [0, 0.1) is 0 Å². The number of carbonyl (C=O) groups is 2. The molecule has 21 heavy (non-hydrogen) atoms. The summed E-state index contributed by atoms with van der Waals surface area (Å²) in [5, 5.41) is 11.7. The van der Waals surface area contributed by atoms with E-state index in [0.29, 0.717) is 5.39 Å². The van der Waals surface area contributed by atoms with Crippen molar-refractivity contribution in [2.24, 2.45) is 0 Å². The summed E-state index contributed by atoms with van der Waals surface area (Å²) in [6.45, 7) is 0. The number of benzene rings is 2. The average Bonchev–Trinajstić information content (AvgIpc) is 2.35. The summed E-state index contributed by atoms with van der Waals surface area (Å²) in [6.07, 6.45) is 0. The van der Waals surface area contributed by atoms with Gasteiger partial charge in [-0.1, -0.05) is 36.4 Å². The van der Waals surface area contributed by atoms with Gasteiger partial charge in [0.05, 0.1) is 11.5 Å². The average molecular weight is 318 g/mol. The Morgan fingerprint density at radius 1 is 1.10 bits per heavy atom. The molecule has 0 amide bonds. The Bertz CT molecular complexity index is 813. The topological polar surface area (TPSA) is 121 Å². The van der Waals surface area contributed by atoms with Crippen LogP contribution in [0.4, 0.5) is 0 Å². The van der Waals surface area contributed by atoms with Gasteiger partial charge >= 0.3 is 45.9 Å². The second-order valence-electron chi connectivity index (χ2n) is 3.80. The van der Waals surface area contributed by atoms with E-state index in [2.05, 4.69) is 4.18 Å². The molecule has 0 radical (unpaired) electrons. The molecule has 2 aromatic carbocycles. The smallest absolute Gasteiger partial charge is 0.545 e. The van der Waals surface area contributed by atoms with Crippen LogP contribution >= 0.6 is 0 Å². The number of carbonyl (C=O) groups excluding carboxylic acids is 2. The van der Waals surface area contributed by atoms with Crippen LogP contribution in [0.25, 0.3) is 10.8 Å². The van der Waals surface area contributed by atoms with Crippen LogP contribution in [0.2, 0.25) is 0 Å². The molecule has 104 valence electrons. The van der Waals surface area contributed by atoms with Gasteiger partial charge in [-0.3, -0.25) is 4.55 Å². The molecule has 0 saturated carbocycles. The molecule has 0 aromatic heterocycles. The third-order valence-electron chi connectivity index (χ3n) is 2.53. The third-order valence-corrected chi connectivity index (χ3v) is 2.90. The van der Waals surface area contributed by atoms with Gasteiger partial charge in [0.2, 0.25) is 0 Å². The first-order valence-corrected chi connectivity index (χ1v) is 6.60. The van der Waals surface area contributed by atoms with Crippen LogP contribution in [0.1, 0.15) is 20.7 Å². The maximum Gasteiger partial charge on any atom is 1.00 e. The normalized spacial score (nSPS) is 10.7. The predicted octanol–water partition coefficient (Wildman–Crippen LogP) is -2.83. The molecule has 2 rings (SSSR count). The van der Waals surface area contributed by atoms with Crippen molar-refractivity contribution in [1.29, 1.82) is 0 Å². The third kappa shape index (κ3) is 4.02. The molecule has 0 aliphatic heterocycles. The minimum atomic E-state index is -5.05. The zero-order valence-corrected chi connectivity index (χ0v) is 13.6. The summed E-state index contributed by atoms with van der Waals surface area (Å²) in [5.41, 5.74) is -1.03. The van der Waals surface area contributed by atoms with Crippen molar-refractivity contribution in [3.8, 4) is 0 Å². The van der Waals surface area contributed by atoms with Gasteiger partial charge in [0.15, 0.2) is 0 Å². The van der Waals surface area contributed by atoms with E-state index in [9.17, 15) is 23.1 Å². The Kier molecular flexibility index (Phi) is 5.48. The SMILES string of the molecule is O=C([O-])c1ccc2ccccc2c1C(=O)OS(=O)(=O)O.[Na+]. The van der Waals surface area contributed by atoms with E-state index in [1.165, 1.54) is 18.2 Å². The zero-order chi connectivity index (χ0) is 14.9. The van der Waals surface area contributed by atoms with Gasteiger partial charge in [-0.25, -0.2) is 4.79 Å². The van der Waals surface area contributed by atoms with Crippen molar-refractivity contribution in [2.45, 2.75) is 0 Å². The molecule has 2 aromatic rings. The molecule has 0 spiro atoms. The number of carboxylic acids is 1. The van der Waals surface area contributed by atoms with E-state index >= 15 is 0 Å². The Morgan fingerprint density at radius 3 is 2.29 bits per heavy atom. The van der Waals surface area contributed by atoms with Gasteiger partial charge in [0.1, 0.15) is 0 Å². The first kappa shape index (κ1) is 17.6. The van der Waals surface area contributed by atoms with Crippen molar-refractivity contribution in [1.82, 2.24) is 0 Å². The Hall–Kier alpha value is -1.45. The largest absolute Gasteiger partial charge is 1.00 e. The number of fused-ring (bicyclic) bond motifs is 1. The van der Waals surface area contributed by atoms with Gasteiger partial charge in [-0.2, -0.15) is 8.42 Å². The zero-order valence-electron chi connectivity index (χ0n) is 10.8. The van der Waals surface area contributed by atoms with Crippen molar-refractivity contribution in [2.75, 3.05) is 0 Å². The summed E-state index contributed by atoms with van der Waals surface area (Å²) >= 11 is 0. The molecule has 0 bridgehead atoms. The van der Waals surface area contributed by atoms with Crippen LogP contribution in [0.15, 0.2) is 36.4 Å². The minimum Gasteiger partial charge on any atom is -0.545 e. The van der Waals surface area contributed by atoms with Gasteiger partial charge in [0.25, 0.3) is 0 Å². The van der Waals surface area contributed by atoms with Crippen LogP contribution in [-0.4, -0.2) is 24.9 Å². The number of carboxylic acid groups (broad SMARTS) is 1. The standard InChI is InChI=1S/C12H8O7S.Na/c13-11(14)9-6-5-7-3-1-2-4-8(7)10(9)12(15)19-20(16,17)18;/h1-6H,(H,13,14)(H,16,17,18);/q;+1/p-1. The van der Waals surface area contributed by atoms with Gasteiger partial charge in [-0.15, -0.1) is 0 Å². The number of rotatable bonds is 3. The Balaban J connectivity index is 0.00000220. The molecular weight excluding hydrogens is 311 g/mol. The summed E-state index contributed by atoms with van der Waals surface area (Å²) in [7, 11) is -5.05. The fraction of sp³-hybridized carbons (Fsp3) is 0. The van der Waals surface area contributed by atoms with Crippen molar-refractivity contribution in [3.05, 3.63) is 47.5 Å². The maximum atomic E-state index is 11.7. The van der Waals surface area contributed by atoms with E-state index in [-0.39, 0.29) is 34.9 Å². The molecule has 7 nitrogen and oxygen atoms in total. The van der Waals surface area contributed by atoms with E-state index in [0.717, 1.165) is 6.07 Å². The second kappa shape index (κ2) is 6.54. The van der Waals surface area contributed by atoms with Crippen LogP contribution in [0.3, 0.4) is 0 Å². The summed E-state index contributed by atoms with van der Waals surface area (Å²) in [4.78, 5) is 22.8. The molecule has 0 aliphatic rings. The molecule has 0 aliphatic carbocycles. The summed E-state index contributed by atoms with van der Waals surface area (Å²) < 4.78 is 33.5. The Labute approximate surface area is 141 Å². The van der Waals surface area contributed by atoms with Crippen molar-refractivity contribution >= 4 is 33.1 Å².